The molecule has 4 heteroatoms. The third-order valence-electron chi connectivity index (χ3n) is 4.14. The van der Waals surface area contributed by atoms with Gasteiger partial charge < -0.3 is 10.0 Å². The Balaban J connectivity index is 2.23. The molecule has 1 aliphatic heterocycles. The number of hydrogen-bond acceptors (Lipinski definition) is 3. The molecule has 0 saturated carbocycles. The summed E-state index contributed by atoms with van der Waals surface area (Å²) in [5, 5.41) is 9.89. The first-order valence-corrected chi connectivity index (χ1v) is 7.37. The number of anilines is 1. The summed E-state index contributed by atoms with van der Waals surface area (Å²) in [6.45, 7) is 11.7. The number of aliphatic hydroxyl groups is 1. The number of aliphatic hydroxyl groups excluding tert-OH is 1. The molecule has 1 aliphatic rings. The van der Waals surface area contributed by atoms with E-state index in [0.717, 1.165) is 31.9 Å². The first-order chi connectivity index (χ1) is 9.40. The van der Waals surface area contributed by atoms with Crippen molar-refractivity contribution >= 4 is 5.69 Å². The SMILES string of the molecule is Cc1cc(N2CCN(C(C)C)CC2)c(C(C)O)cc1F. The summed E-state index contributed by atoms with van der Waals surface area (Å²) in [6.07, 6.45) is -0.650. The molecule has 1 aromatic rings. The minimum atomic E-state index is -0.650. The van der Waals surface area contributed by atoms with Gasteiger partial charge in [-0.25, -0.2) is 4.39 Å². The lowest BCUT2D eigenvalue weighted by atomic mass is 10.0. The smallest absolute Gasteiger partial charge is 0.126 e. The fourth-order valence-corrected chi connectivity index (χ4v) is 2.77. The molecule has 0 aliphatic carbocycles. The van der Waals surface area contributed by atoms with Crippen molar-refractivity contribution in [1.82, 2.24) is 4.90 Å². The lowest BCUT2D eigenvalue weighted by molar-refractivity contribution is 0.195. The van der Waals surface area contributed by atoms with E-state index in [1.165, 1.54) is 6.07 Å². The number of benzene rings is 1. The third-order valence-corrected chi connectivity index (χ3v) is 4.14. The van der Waals surface area contributed by atoms with Gasteiger partial charge in [-0.05, 0) is 45.4 Å². The average molecular weight is 280 g/mol. The summed E-state index contributed by atoms with van der Waals surface area (Å²) in [7, 11) is 0. The van der Waals surface area contributed by atoms with E-state index in [1.54, 1.807) is 13.8 Å². The number of hydrogen-bond donors (Lipinski definition) is 1. The molecular formula is C16H25FN2O. The molecular weight excluding hydrogens is 255 g/mol. The van der Waals surface area contributed by atoms with Crippen LogP contribution < -0.4 is 4.90 Å². The zero-order valence-corrected chi connectivity index (χ0v) is 12.9. The molecule has 1 atom stereocenters. The summed E-state index contributed by atoms with van der Waals surface area (Å²) >= 11 is 0. The van der Waals surface area contributed by atoms with E-state index < -0.39 is 6.10 Å². The second-order valence-corrected chi connectivity index (χ2v) is 5.95. The third kappa shape index (κ3) is 3.13. The van der Waals surface area contributed by atoms with Gasteiger partial charge in [0.1, 0.15) is 5.82 Å². The highest BCUT2D eigenvalue weighted by molar-refractivity contribution is 5.57. The molecule has 20 heavy (non-hydrogen) atoms. The van der Waals surface area contributed by atoms with Crippen LogP contribution in [-0.2, 0) is 0 Å². The van der Waals surface area contributed by atoms with E-state index in [4.69, 9.17) is 0 Å². The van der Waals surface area contributed by atoms with Gasteiger partial charge in [0.25, 0.3) is 0 Å². The highest BCUT2D eigenvalue weighted by Gasteiger charge is 2.22. The van der Waals surface area contributed by atoms with Crippen molar-refractivity contribution in [1.29, 1.82) is 0 Å². The highest BCUT2D eigenvalue weighted by Crippen LogP contribution is 2.30. The van der Waals surface area contributed by atoms with Crippen LogP contribution in [0.4, 0.5) is 10.1 Å². The largest absolute Gasteiger partial charge is 0.389 e. The van der Waals surface area contributed by atoms with Gasteiger partial charge in [-0.2, -0.15) is 0 Å². The van der Waals surface area contributed by atoms with Gasteiger partial charge in [-0.1, -0.05) is 0 Å². The lowest BCUT2D eigenvalue weighted by Crippen LogP contribution is -2.49. The zero-order chi connectivity index (χ0) is 14.9. The molecule has 1 heterocycles. The highest BCUT2D eigenvalue weighted by atomic mass is 19.1. The first-order valence-electron chi connectivity index (χ1n) is 7.37. The van der Waals surface area contributed by atoms with E-state index >= 15 is 0 Å². The first kappa shape index (κ1) is 15.3. The summed E-state index contributed by atoms with van der Waals surface area (Å²) in [4.78, 5) is 4.70. The van der Waals surface area contributed by atoms with Crippen molar-refractivity contribution < 1.29 is 9.50 Å². The molecule has 3 nitrogen and oxygen atoms in total. The second kappa shape index (κ2) is 6.10. The van der Waals surface area contributed by atoms with Gasteiger partial charge in [-0.3, -0.25) is 4.90 Å². The Morgan fingerprint density at radius 3 is 2.20 bits per heavy atom. The minimum Gasteiger partial charge on any atom is -0.389 e. The summed E-state index contributed by atoms with van der Waals surface area (Å²) < 4.78 is 13.7. The molecule has 0 spiro atoms. The van der Waals surface area contributed by atoms with Gasteiger partial charge in [0.2, 0.25) is 0 Å². The molecule has 0 amide bonds. The van der Waals surface area contributed by atoms with E-state index in [-0.39, 0.29) is 5.82 Å². The van der Waals surface area contributed by atoms with Crippen LogP contribution in [0.2, 0.25) is 0 Å². The molecule has 1 N–H and O–H groups in total. The fraction of sp³-hybridized carbons (Fsp3) is 0.625. The summed E-state index contributed by atoms with van der Waals surface area (Å²) in [5.41, 5.74) is 2.30. The Morgan fingerprint density at radius 1 is 1.10 bits per heavy atom. The Labute approximate surface area is 121 Å². The Morgan fingerprint density at radius 2 is 1.70 bits per heavy atom. The Hall–Kier alpha value is -1.13. The van der Waals surface area contributed by atoms with Gasteiger partial charge in [0.15, 0.2) is 0 Å². The fourth-order valence-electron chi connectivity index (χ4n) is 2.77. The van der Waals surface area contributed by atoms with Crippen LogP contribution in [0.3, 0.4) is 0 Å². The van der Waals surface area contributed by atoms with E-state index in [9.17, 15) is 9.50 Å². The van der Waals surface area contributed by atoms with Crippen molar-refractivity contribution in [2.24, 2.45) is 0 Å². The molecule has 0 aromatic heterocycles. The van der Waals surface area contributed by atoms with Gasteiger partial charge in [0.05, 0.1) is 6.10 Å². The molecule has 1 fully saturated rings. The van der Waals surface area contributed by atoms with Crippen LogP contribution >= 0.6 is 0 Å². The number of rotatable bonds is 3. The maximum atomic E-state index is 13.7. The topological polar surface area (TPSA) is 26.7 Å². The molecule has 0 bridgehead atoms. The number of nitrogens with zero attached hydrogens (tertiary/aromatic N) is 2. The molecule has 1 unspecified atom stereocenters. The number of aryl methyl sites for hydroxylation is 1. The molecule has 0 radical (unpaired) electrons. The lowest BCUT2D eigenvalue weighted by Gasteiger charge is -2.39. The number of halogens is 1. The summed E-state index contributed by atoms with van der Waals surface area (Å²) in [5.74, 6) is -0.245. The summed E-state index contributed by atoms with van der Waals surface area (Å²) in [6, 6.07) is 3.90. The Kier molecular flexibility index (Phi) is 4.66. The van der Waals surface area contributed by atoms with E-state index in [0.29, 0.717) is 17.2 Å². The quantitative estimate of drug-likeness (QED) is 0.922. The normalized spacial score (nSPS) is 18.6. The van der Waals surface area contributed by atoms with Crippen molar-refractivity contribution in [3.8, 4) is 0 Å². The monoisotopic (exact) mass is 280 g/mol. The van der Waals surface area contributed by atoms with Gasteiger partial charge in [-0.15, -0.1) is 0 Å². The predicted octanol–water partition coefficient (Wildman–Crippen LogP) is 2.72. The van der Waals surface area contributed by atoms with Gasteiger partial charge >= 0.3 is 0 Å². The molecule has 2 rings (SSSR count). The van der Waals surface area contributed by atoms with Crippen LogP contribution in [0.1, 0.15) is 38.0 Å². The van der Waals surface area contributed by atoms with E-state index in [2.05, 4.69) is 23.6 Å². The van der Waals surface area contributed by atoms with Crippen LogP contribution in [0.5, 0.6) is 0 Å². The molecule has 1 saturated heterocycles. The standard InChI is InChI=1S/C16H25FN2O/c1-11(2)18-5-7-19(8-6-18)16-9-12(3)15(17)10-14(16)13(4)20/h9-11,13,20H,5-8H2,1-4H3. The van der Waals surface area contributed by atoms with Crippen molar-refractivity contribution in [3.05, 3.63) is 29.1 Å². The van der Waals surface area contributed by atoms with Crippen LogP contribution in [0.15, 0.2) is 12.1 Å². The van der Waals surface area contributed by atoms with Crippen molar-refractivity contribution in [2.45, 2.75) is 39.8 Å². The minimum absolute atomic E-state index is 0.245. The second-order valence-electron chi connectivity index (χ2n) is 5.95. The van der Waals surface area contributed by atoms with Crippen LogP contribution in [0.25, 0.3) is 0 Å². The maximum absolute atomic E-state index is 13.7. The molecule has 112 valence electrons. The van der Waals surface area contributed by atoms with E-state index in [1.807, 2.05) is 6.07 Å². The van der Waals surface area contributed by atoms with Crippen molar-refractivity contribution in [2.75, 3.05) is 31.1 Å². The van der Waals surface area contributed by atoms with Crippen LogP contribution in [0, 0.1) is 12.7 Å². The maximum Gasteiger partial charge on any atom is 0.126 e. The predicted molar refractivity (Wildman–Crippen MR) is 80.7 cm³/mol. The van der Waals surface area contributed by atoms with Crippen molar-refractivity contribution in [3.63, 3.8) is 0 Å². The number of piperazine rings is 1. The van der Waals surface area contributed by atoms with Gasteiger partial charge in [0, 0.05) is 43.5 Å². The Bertz CT molecular complexity index is 466. The molecule has 1 aromatic carbocycles. The zero-order valence-electron chi connectivity index (χ0n) is 12.9. The van der Waals surface area contributed by atoms with Crippen LogP contribution in [-0.4, -0.2) is 42.2 Å². The average Bonchev–Trinajstić information content (AvgIpc) is 2.41.